The Morgan fingerprint density at radius 1 is 1.07 bits per heavy atom. The fourth-order valence-corrected chi connectivity index (χ4v) is 9.76. The minimum absolute atomic E-state index is 0.0590. The zero-order chi connectivity index (χ0) is 29.6. The van der Waals surface area contributed by atoms with Crippen LogP contribution in [0.5, 0.6) is 0 Å². The smallest absolute Gasteiger partial charge is 0.410 e. The molecule has 6 nitrogen and oxygen atoms in total. The van der Waals surface area contributed by atoms with Gasteiger partial charge in [0.05, 0.1) is 18.2 Å². The Hall–Kier alpha value is -1.37. The number of hydrogen-bond acceptors (Lipinski definition) is 5. The number of ether oxygens (including phenoxy) is 2. The minimum atomic E-state index is -0.958. The van der Waals surface area contributed by atoms with E-state index in [0.29, 0.717) is 55.7 Å². The van der Waals surface area contributed by atoms with Crippen LogP contribution in [0.2, 0.25) is 0 Å². The van der Waals surface area contributed by atoms with E-state index in [4.69, 9.17) is 9.47 Å². The second-order valence-electron chi connectivity index (χ2n) is 15.3. The highest BCUT2D eigenvalue weighted by molar-refractivity contribution is 5.68. The van der Waals surface area contributed by atoms with E-state index in [9.17, 15) is 15.0 Å². The molecule has 0 saturated heterocycles. The molecule has 9 atom stereocenters. The molecule has 5 rings (SSSR count). The van der Waals surface area contributed by atoms with Crippen molar-refractivity contribution in [2.75, 3.05) is 26.8 Å². The Morgan fingerprint density at radius 2 is 1.83 bits per heavy atom. The number of rotatable bonds is 8. The van der Waals surface area contributed by atoms with Gasteiger partial charge in [0.2, 0.25) is 0 Å². The number of methoxy groups -OCH3 is 1. The van der Waals surface area contributed by atoms with Crippen LogP contribution in [0, 0.1) is 40.4 Å². The third-order valence-corrected chi connectivity index (χ3v) is 12.6. The highest BCUT2D eigenvalue weighted by atomic mass is 16.6. The number of nitrogens with zero attached hydrogens (tertiary/aromatic N) is 1. The van der Waals surface area contributed by atoms with Crippen LogP contribution < -0.4 is 0 Å². The predicted octanol–water partition coefficient (Wildman–Crippen LogP) is 6.90. The maximum absolute atomic E-state index is 13.8. The van der Waals surface area contributed by atoms with Gasteiger partial charge in [0.1, 0.15) is 6.10 Å². The van der Waals surface area contributed by atoms with E-state index in [2.05, 4.69) is 46.8 Å². The molecule has 4 fully saturated rings. The summed E-state index contributed by atoms with van der Waals surface area (Å²) in [7, 11) is 1.69. The van der Waals surface area contributed by atoms with Gasteiger partial charge in [0, 0.05) is 25.7 Å². The average molecular weight is 572 g/mol. The van der Waals surface area contributed by atoms with Gasteiger partial charge in [-0.3, -0.25) is 0 Å². The van der Waals surface area contributed by atoms with Gasteiger partial charge < -0.3 is 24.6 Å². The van der Waals surface area contributed by atoms with Crippen LogP contribution in [0.3, 0.4) is 0 Å². The molecular weight excluding hydrogens is 514 g/mol. The summed E-state index contributed by atoms with van der Waals surface area (Å²) in [5.41, 5.74) is 1.78. The van der Waals surface area contributed by atoms with Gasteiger partial charge in [0.25, 0.3) is 0 Å². The van der Waals surface area contributed by atoms with Crippen molar-refractivity contribution in [2.45, 2.75) is 123 Å². The predicted molar refractivity (Wildman–Crippen MR) is 162 cm³/mol. The monoisotopic (exact) mass is 571 g/mol. The van der Waals surface area contributed by atoms with E-state index in [0.717, 1.165) is 57.8 Å². The molecule has 232 valence electrons. The van der Waals surface area contributed by atoms with Crippen molar-refractivity contribution in [1.82, 2.24) is 4.90 Å². The molecule has 6 heteroatoms. The van der Waals surface area contributed by atoms with Crippen LogP contribution in [0.1, 0.15) is 105 Å². The van der Waals surface area contributed by atoms with Crippen molar-refractivity contribution in [3.8, 4) is 0 Å². The van der Waals surface area contributed by atoms with Gasteiger partial charge in [-0.2, -0.15) is 0 Å². The Morgan fingerprint density at radius 3 is 2.56 bits per heavy atom. The Labute approximate surface area is 248 Å². The lowest BCUT2D eigenvalue weighted by Crippen LogP contribution is -2.57. The molecule has 41 heavy (non-hydrogen) atoms. The number of aliphatic hydroxyl groups excluding tert-OH is 1. The maximum Gasteiger partial charge on any atom is 0.410 e. The summed E-state index contributed by atoms with van der Waals surface area (Å²) in [4.78, 5) is 15.7. The molecule has 5 aliphatic rings. The zero-order valence-electron chi connectivity index (χ0n) is 26.7. The lowest BCUT2D eigenvalue weighted by atomic mass is 9.50. The van der Waals surface area contributed by atoms with Crippen molar-refractivity contribution >= 4 is 6.09 Å². The van der Waals surface area contributed by atoms with Crippen molar-refractivity contribution in [2.24, 2.45) is 40.4 Å². The summed E-state index contributed by atoms with van der Waals surface area (Å²) in [6, 6.07) is 0. The number of allylic oxidation sites excluding steroid dienone is 3. The van der Waals surface area contributed by atoms with Crippen molar-refractivity contribution in [1.29, 1.82) is 0 Å². The summed E-state index contributed by atoms with van der Waals surface area (Å²) < 4.78 is 11.6. The van der Waals surface area contributed by atoms with Gasteiger partial charge in [-0.05, 0) is 99.2 Å². The van der Waals surface area contributed by atoms with E-state index in [1.807, 2.05) is 4.90 Å². The first-order valence-electron chi connectivity index (χ1n) is 16.7. The topological polar surface area (TPSA) is 79.2 Å². The zero-order valence-corrected chi connectivity index (χ0v) is 26.7. The third kappa shape index (κ3) is 5.67. The van der Waals surface area contributed by atoms with Gasteiger partial charge in [-0.1, -0.05) is 64.3 Å². The SMILES string of the molecule is COCCCN(C[C@]1(O)CC[C@H]2C3=CC=C4C[C@@H](O)CC[C@]4(C)[C@H]3CC[C@@]21C)C(=O)O[C@H]1C[C@@H](C)CC[C@@H]1C(C)C. The van der Waals surface area contributed by atoms with Crippen LogP contribution in [-0.4, -0.2) is 65.8 Å². The summed E-state index contributed by atoms with van der Waals surface area (Å²) in [5, 5.41) is 22.8. The molecule has 4 saturated carbocycles. The molecule has 0 aromatic rings. The summed E-state index contributed by atoms with van der Waals surface area (Å²) in [5.74, 6) is 2.23. The highest BCUT2D eigenvalue weighted by Gasteiger charge is 2.62. The third-order valence-electron chi connectivity index (χ3n) is 12.6. The van der Waals surface area contributed by atoms with Crippen LogP contribution in [0.25, 0.3) is 0 Å². The molecule has 0 aromatic carbocycles. The molecule has 0 heterocycles. The molecule has 1 amide bonds. The van der Waals surface area contributed by atoms with Gasteiger partial charge in [-0.15, -0.1) is 0 Å². The number of amides is 1. The second-order valence-corrected chi connectivity index (χ2v) is 15.3. The van der Waals surface area contributed by atoms with Crippen LogP contribution in [0.4, 0.5) is 4.79 Å². The highest BCUT2D eigenvalue weighted by Crippen LogP contribution is 2.66. The normalized spacial score (nSPS) is 42.1. The molecule has 5 aliphatic carbocycles. The molecular formula is C35H57NO5. The molecule has 0 spiro atoms. The van der Waals surface area contributed by atoms with Crippen molar-refractivity contribution < 1.29 is 24.5 Å². The lowest BCUT2D eigenvalue weighted by molar-refractivity contribution is -0.103. The van der Waals surface area contributed by atoms with Crippen LogP contribution in [-0.2, 0) is 9.47 Å². The van der Waals surface area contributed by atoms with E-state index in [1.54, 1.807) is 7.11 Å². The Bertz CT molecular complexity index is 1020. The Balaban J connectivity index is 1.35. The van der Waals surface area contributed by atoms with E-state index < -0.39 is 5.60 Å². The molecule has 0 radical (unpaired) electrons. The summed E-state index contributed by atoms with van der Waals surface area (Å²) >= 11 is 0. The van der Waals surface area contributed by atoms with E-state index >= 15 is 0 Å². The molecule has 0 bridgehead atoms. The number of carbonyl (C=O) groups excluding carboxylic acids is 1. The number of aliphatic hydroxyl groups is 2. The molecule has 0 aliphatic heterocycles. The standard InChI is InChI=1S/C35H57NO5/c1-23(2)27-10-8-24(3)20-31(27)41-32(38)36(18-7-19-40-6)22-35(39)17-14-30-28-11-9-25-21-26(37)12-15-33(25,4)29(28)13-16-34(30,35)5/h9,11,23-24,26-27,29-31,37,39H,7-8,10,12-22H2,1-6H3/t24-,26-,27+,29-,30-,31-,33-,34-,35+/m0/s1. The first-order valence-corrected chi connectivity index (χ1v) is 16.7. The summed E-state index contributed by atoms with van der Waals surface area (Å²) in [6.07, 6.45) is 14.4. The minimum Gasteiger partial charge on any atom is -0.446 e. The number of fused-ring (bicyclic) bond motifs is 5. The molecule has 0 aromatic heterocycles. The van der Waals surface area contributed by atoms with Crippen LogP contribution >= 0.6 is 0 Å². The van der Waals surface area contributed by atoms with Gasteiger partial charge in [0.15, 0.2) is 0 Å². The average Bonchev–Trinajstić information content (AvgIpc) is 3.18. The fraction of sp³-hybridized carbons (Fsp3) is 0.857. The molecule has 2 N–H and O–H groups in total. The van der Waals surface area contributed by atoms with Crippen molar-refractivity contribution in [3.05, 3.63) is 23.3 Å². The first kappa shape index (κ1) is 31.1. The summed E-state index contributed by atoms with van der Waals surface area (Å²) in [6.45, 7) is 12.9. The molecule has 0 unspecified atom stereocenters. The van der Waals surface area contributed by atoms with Gasteiger partial charge in [-0.25, -0.2) is 4.79 Å². The second kappa shape index (κ2) is 12.0. The van der Waals surface area contributed by atoms with Crippen molar-refractivity contribution in [3.63, 3.8) is 0 Å². The van der Waals surface area contributed by atoms with E-state index in [-0.39, 0.29) is 29.1 Å². The fourth-order valence-electron chi connectivity index (χ4n) is 9.76. The largest absolute Gasteiger partial charge is 0.446 e. The Kier molecular flexibility index (Phi) is 9.06. The maximum atomic E-state index is 13.8. The number of carbonyl (C=O) groups is 1. The quantitative estimate of drug-likeness (QED) is 0.310. The lowest BCUT2D eigenvalue weighted by Gasteiger charge is -2.56. The van der Waals surface area contributed by atoms with E-state index in [1.165, 1.54) is 17.6 Å². The first-order chi connectivity index (χ1) is 19.4. The number of hydrogen-bond donors (Lipinski definition) is 2. The van der Waals surface area contributed by atoms with Crippen LogP contribution in [0.15, 0.2) is 23.3 Å². The van der Waals surface area contributed by atoms with Gasteiger partial charge >= 0.3 is 6.09 Å².